The van der Waals surface area contributed by atoms with Gasteiger partial charge in [-0.3, -0.25) is 14.3 Å². The molecule has 0 aliphatic carbocycles. The number of nitrogens with zero attached hydrogens (tertiary/aromatic N) is 3. The highest BCUT2D eigenvalue weighted by Gasteiger charge is 2.15. The van der Waals surface area contributed by atoms with Gasteiger partial charge in [0, 0.05) is 25.4 Å². The van der Waals surface area contributed by atoms with E-state index in [2.05, 4.69) is 17.0 Å². The van der Waals surface area contributed by atoms with Crippen molar-refractivity contribution in [1.29, 1.82) is 0 Å². The Morgan fingerprint density at radius 1 is 1.31 bits per heavy atom. The molecule has 1 N–H and O–H groups in total. The van der Waals surface area contributed by atoms with Crippen LogP contribution in [0.2, 0.25) is 0 Å². The normalized spacial score (nSPS) is 10.5. The average molecular weight is 356 g/mol. The lowest BCUT2D eigenvalue weighted by molar-refractivity contribution is -0.113. The second kappa shape index (κ2) is 8.44. The van der Waals surface area contributed by atoms with E-state index in [1.807, 2.05) is 18.5 Å². The van der Waals surface area contributed by atoms with Crippen molar-refractivity contribution in [2.24, 2.45) is 0 Å². The zero-order valence-electron chi connectivity index (χ0n) is 15.6. The zero-order chi connectivity index (χ0) is 19.3. The van der Waals surface area contributed by atoms with Crippen molar-refractivity contribution in [3.63, 3.8) is 0 Å². The van der Waals surface area contributed by atoms with E-state index in [0.29, 0.717) is 30.1 Å². The molecule has 1 aromatic heterocycles. The summed E-state index contributed by atoms with van der Waals surface area (Å²) in [5, 5.41) is 7.34. The predicted molar refractivity (Wildman–Crippen MR) is 102 cm³/mol. The molecule has 0 radical (unpaired) electrons. The van der Waals surface area contributed by atoms with Gasteiger partial charge in [0.2, 0.25) is 5.91 Å². The lowest BCUT2D eigenvalue weighted by atomic mass is 10.1. The molecule has 7 heteroatoms. The number of hydrogen-bond acceptors (Lipinski definition) is 4. The second-order valence-corrected chi connectivity index (χ2v) is 5.86. The molecular formula is C19H24N4O3. The predicted octanol–water partition coefficient (Wildman–Crippen LogP) is 2.55. The number of anilines is 2. The Morgan fingerprint density at radius 3 is 2.54 bits per heavy atom. The summed E-state index contributed by atoms with van der Waals surface area (Å²) in [6, 6.07) is 6.80. The van der Waals surface area contributed by atoms with Crippen LogP contribution in [0.25, 0.3) is 0 Å². The van der Waals surface area contributed by atoms with Crippen molar-refractivity contribution < 1.29 is 14.3 Å². The molecule has 1 heterocycles. The first kappa shape index (κ1) is 19.4. The number of rotatable bonds is 7. The molecule has 0 aliphatic heterocycles. The summed E-state index contributed by atoms with van der Waals surface area (Å²) in [4.78, 5) is 25.6. The van der Waals surface area contributed by atoms with E-state index in [4.69, 9.17) is 4.74 Å². The first-order valence-corrected chi connectivity index (χ1v) is 8.23. The maximum atomic E-state index is 12.5. The van der Waals surface area contributed by atoms with E-state index in [1.54, 1.807) is 38.4 Å². The van der Waals surface area contributed by atoms with Crippen LogP contribution in [0.3, 0.4) is 0 Å². The molecule has 2 aromatic rings. The molecule has 0 atom stereocenters. The van der Waals surface area contributed by atoms with Crippen LogP contribution in [-0.2, 0) is 16.1 Å². The SMILES string of the molecule is C=CC(=O)N(C)c1ccc(C(=O)Nc2c(C)nn(CCOC)c2C)cc1. The van der Waals surface area contributed by atoms with Gasteiger partial charge >= 0.3 is 0 Å². The monoisotopic (exact) mass is 356 g/mol. The molecule has 0 saturated heterocycles. The van der Waals surface area contributed by atoms with Gasteiger partial charge in [-0.2, -0.15) is 5.10 Å². The van der Waals surface area contributed by atoms with Crippen LogP contribution in [0.4, 0.5) is 11.4 Å². The third-order valence-electron chi connectivity index (χ3n) is 4.15. The van der Waals surface area contributed by atoms with E-state index >= 15 is 0 Å². The number of methoxy groups -OCH3 is 1. The van der Waals surface area contributed by atoms with Crippen LogP contribution < -0.4 is 10.2 Å². The van der Waals surface area contributed by atoms with E-state index in [1.165, 1.54) is 11.0 Å². The zero-order valence-corrected chi connectivity index (χ0v) is 15.6. The molecule has 26 heavy (non-hydrogen) atoms. The van der Waals surface area contributed by atoms with Gasteiger partial charge in [-0.15, -0.1) is 0 Å². The average Bonchev–Trinajstić information content (AvgIpc) is 2.92. The molecule has 0 fully saturated rings. The molecule has 2 rings (SSSR count). The van der Waals surface area contributed by atoms with Gasteiger partial charge in [-0.25, -0.2) is 0 Å². The fraction of sp³-hybridized carbons (Fsp3) is 0.316. The number of aromatic nitrogens is 2. The Morgan fingerprint density at radius 2 is 1.96 bits per heavy atom. The van der Waals surface area contributed by atoms with Crippen LogP contribution in [0.1, 0.15) is 21.7 Å². The minimum Gasteiger partial charge on any atom is -0.383 e. The third kappa shape index (κ3) is 4.18. The first-order chi connectivity index (χ1) is 12.4. The van der Waals surface area contributed by atoms with Gasteiger partial charge in [0.25, 0.3) is 5.91 Å². The molecule has 0 spiro atoms. The van der Waals surface area contributed by atoms with Crippen LogP contribution in [0.15, 0.2) is 36.9 Å². The molecule has 1 aromatic carbocycles. The van der Waals surface area contributed by atoms with Gasteiger partial charge in [0.05, 0.1) is 30.2 Å². The first-order valence-electron chi connectivity index (χ1n) is 8.23. The Bertz CT molecular complexity index is 809. The molecule has 2 amide bonds. The fourth-order valence-electron chi connectivity index (χ4n) is 2.56. The van der Waals surface area contributed by atoms with E-state index in [9.17, 15) is 9.59 Å². The summed E-state index contributed by atoms with van der Waals surface area (Å²) >= 11 is 0. The number of hydrogen-bond donors (Lipinski definition) is 1. The van der Waals surface area contributed by atoms with Crippen molar-refractivity contribution in [1.82, 2.24) is 9.78 Å². The number of amides is 2. The smallest absolute Gasteiger partial charge is 0.255 e. The Hall–Kier alpha value is -2.93. The molecule has 138 valence electrons. The third-order valence-corrected chi connectivity index (χ3v) is 4.15. The van der Waals surface area contributed by atoms with E-state index < -0.39 is 0 Å². The van der Waals surface area contributed by atoms with Gasteiger partial charge < -0.3 is 15.0 Å². The quantitative estimate of drug-likeness (QED) is 0.774. The van der Waals surface area contributed by atoms with Crippen LogP contribution in [0.5, 0.6) is 0 Å². The lowest BCUT2D eigenvalue weighted by Crippen LogP contribution is -2.23. The second-order valence-electron chi connectivity index (χ2n) is 5.86. The van der Waals surface area contributed by atoms with Crippen LogP contribution in [0, 0.1) is 13.8 Å². The molecule has 0 saturated carbocycles. The van der Waals surface area contributed by atoms with Gasteiger partial charge in [-0.05, 0) is 44.2 Å². The number of ether oxygens (including phenoxy) is 1. The Kier molecular flexibility index (Phi) is 6.30. The minimum atomic E-state index is -0.230. The van der Waals surface area contributed by atoms with Crippen molar-refractivity contribution in [3.8, 4) is 0 Å². The summed E-state index contributed by atoms with van der Waals surface area (Å²) in [7, 11) is 3.29. The lowest BCUT2D eigenvalue weighted by Gasteiger charge is -2.15. The summed E-state index contributed by atoms with van der Waals surface area (Å²) < 4.78 is 6.89. The number of carbonyl (C=O) groups excluding carboxylic acids is 2. The fourth-order valence-corrected chi connectivity index (χ4v) is 2.56. The topological polar surface area (TPSA) is 76.5 Å². The highest BCUT2D eigenvalue weighted by molar-refractivity contribution is 6.05. The van der Waals surface area contributed by atoms with Crippen molar-refractivity contribution in [2.75, 3.05) is 31.0 Å². The van der Waals surface area contributed by atoms with Crippen molar-refractivity contribution in [2.45, 2.75) is 20.4 Å². The van der Waals surface area contributed by atoms with E-state index in [0.717, 1.165) is 11.4 Å². The molecule has 7 nitrogen and oxygen atoms in total. The van der Waals surface area contributed by atoms with Gasteiger partial charge in [0.15, 0.2) is 0 Å². The van der Waals surface area contributed by atoms with Crippen molar-refractivity contribution >= 4 is 23.2 Å². The Balaban J connectivity index is 2.14. The summed E-state index contributed by atoms with van der Waals surface area (Å²) in [5.41, 5.74) is 3.51. The van der Waals surface area contributed by atoms with Crippen molar-refractivity contribution in [3.05, 3.63) is 53.9 Å². The summed E-state index contributed by atoms with van der Waals surface area (Å²) in [6.07, 6.45) is 1.24. The molecule has 0 unspecified atom stereocenters. The minimum absolute atomic E-state index is 0.211. The summed E-state index contributed by atoms with van der Waals surface area (Å²) in [5.74, 6) is -0.441. The van der Waals surface area contributed by atoms with Crippen LogP contribution in [-0.4, -0.2) is 42.4 Å². The Labute approximate surface area is 153 Å². The number of nitrogens with one attached hydrogen (secondary N) is 1. The number of likely N-dealkylation sites (N-methyl/N-ethyl adjacent to an activating group) is 1. The highest BCUT2D eigenvalue weighted by atomic mass is 16.5. The maximum Gasteiger partial charge on any atom is 0.255 e. The standard InChI is InChI=1S/C19H24N4O3/c1-6-17(24)22(4)16-9-7-15(8-10-16)19(25)20-18-13(2)21-23(14(18)3)11-12-26-5/h6-10H,1,11-12H2,2-5H3,(H,20,25). The van der Waals surface area contributed by atoms with E-state index in [-0.39, 0.29) is 11.8 Å². The number of benzene rings is 1. The number of aryl methyl sites for hydroxylation is 1. The summed E-state index contributed by atoms with van der Waals surface area (Å²) in [6.45, 7) is 8.40. The molecule has 0 aliphatic rings. The maximum absolute atomic E-state index is 12.5. The molecule has 0 bridgehead atoms. The van der Waals surface area contributed by atoms with Gasteiger partial charge in [0.1, 0.15) is 0 Å². The van der Waals surface area contributed by atoms with Gasteiger partial charge in [-0.1, -0.05) is 6.58 Å². The highest BCUT2D eigenvalue weighted by Crippen LogP contribution is 2.21. The molecular weight excluding hydrogens is 332 g/mol. The number of carbonyl (C=O) groups is 2. The largest absolute Gasteiger partial charge is 0.383 e. The van der Waals surface area contributed by atoms with Crippen LogP contribution >= 0.6 is 0 Å².